The van der Waals surface area contributed by atoms with E-state index in [1.807, 2.05) is 11.3 Å². The molecule has 0 saturated heterocycles. The molecular formula is C65H43NS. The Labute approximate surface area is 395 Å². The van der Waals surface area contributed by atoms with Crippen LogP contribution in [0.25, 0.3) is 75.5 Å². The van der Waals surface area contributed by atoms with Crippen molar-refractivity contribution in [3.63, 3.8) is 0 Å². The summed E-state index contributed by atoms with van der Waals surface area (Å²) in [6, 6.07) is 96.6. The molecule has 2 heteroatoms. The van der Waals surface area contributed by atoms with Crippen molar-refractivity contribution in [1.82, 2.24) is 0 Å². The van der Waals surface area contributed by atoms with Gasteiger partial charge in [0.15, 0.2) is 0 Å². The maximum absolute atomic E-state index is 2.56. The Balaban J connectivity index is 1.14. The van der Waals surface area contributed by atoms with E-state index in [9.17, 15) is 0 Å². The lowest BCUT2D eigenvalue weighted by molar-refractivity contribution is 0.768. The monoisotopic (exact) mass is 869 g/mol. The Bertz CT molecular complexity index is 3770. The van der Waals surface area contributed by atoms with E-state index in [4.69, 9.17) is 0 Å². The third-order valence-electron chi connectivity index (χ3n) is 14.0. The second-order valence-corrected chi connectivity index (χ2v) is 18.6. The lowest BCUT2D eigenvalue weighted by atomic mass is 9.67. The highest BCUT2D eigenvalue weighted by molar-refractivity contribution is 7.26. The van der Waals surface area contributed by atoms with Crippen molar-refractivity contribution in [2.45, 2.75) is 5.41 Å². The fourth-order valence-corrected chi connectivity index (χ4v) is 12.3. The summed E-state index contributed by atoms with van der Waals surface area (Å²) in [5, 5.41) is 5.04. The van der Waals surface area contributed by atoms with E-state index in [0.29, 0.717) is 0 Å². The summed E-state index contributed by atoms with van der Waals surface area (Å²) in [6.07, 6.45) is 0. The van der Waals surface area contributed by atoms with E-state index >= 15 is 0 Å². The summed E-state index contributed by atoms with van der Waals surface area (Å²) in [5.41, 5.74) is 17.4. The van der Waals surface area contributed by atoms with Gasteiger partial charge in [-0.1, -0.05) is 231 Å². The van der Waals surface area contributed by atoms with Gasteiger partial charge in [0, 0.05) is 42.6 Å². The summed E-state index contributed by atoms with van der Waals surface area (Å²) in [5.74, 6) is 0. The molecule has 0 unspecified atom stereocenters. The Morgan fingerprint density at radius 2 is 0.881 bits per heavy atom. The molecule has 1 nitrogen and oxygen atoms in total. The number of benzene rings is 11. The lowest BCUT2D eigenvalue weighted by Crippen LogP contribution is -2.28. The quantitative estimate of drug-likeness (QED) is 0.147. The molecule has 12 aromatic rings. The zero-order valence-electron chi connectivity index (χ0n) is 36.7. The number of hydrogen-bond acceptors (Lipinski definition) is 2. The predicted octanol–water partition coefficient (Wildman–Crippen LogP) is 18.0. The predicted molar refractivity (Wildman–Crippen MR) is 285 cm³/mol. The van der Waals surface area contributed by atoms with Gasteiger partial charge in [-0.2, -0.15) is 0 Å². The molecule has 1 aliphatic rings. The molecule has 1 aromatic heterocycles. The molecule has 1 aliphatic carbocycles. The zero-order chi connectivity index (χ0) is 44.3. The average Bonchev–Trinajstić information content (AvgIpc) is 3.93. The summed E-state index contributed by atoms with van der Waals surface area (Å²) >= 11 is 1.88. The topological polar surface area (TPSA) is 3.24 Å². The Morgan fingerprint density at radius 3 is 1.69 bits per heavy atom. The zero-order valence-corrected chi connectivity index (χ0v) is 37.5. The first kappa shape index (κ1) is 39.1. The van der Waals surface area contributed by atoms with Crippen molar-refractivity contribution >= 4 is 59.3 Å². The van der Waals surface area contributed by atoms with Gasteiger partial charge < -0.3 is 4.90 Å². The molecule has 0 aliphatic heterocycles. The van der Waals surface area contributed by atoms with Crippen LogP contribution in [0.15, 0.2) is 261 Å². The highest BCUT2D eigenvalue weighted by Crippen LogP contribution is 2.58. The second kappa shape index (κ2) is 16.0. The number of hydrogen-bond donors (Lipinski definition) is 0. The normalized spacial score (nSPS) is 12.6. The molecule has 67 heavy (non-hydrogen) atoms. The van der Waals surface area contributed by atoms with E-state index in [-0.39, 0.29) is 0 Å². The molecule has 0 saturated carbocycles. The van der Waals surface area contributed by atoms with Gasteiger partial charge in [-0.25, -0.2) is 0 Å². The highest BCUT2D eigenvalue weighted by Gasteiger charge is 2.46. The molecule has 0 amide bonds. The number of nitrogens with zero attached hydrogens (tertiary/aromatic N) is 1. The third-order valence-corrected chi connectivity index (χ3v) is 15.2. The second-order valence-electron chi connectivity index (χ2n) is 17.5. The van der Waals surface area contributed by atoms with Gasteiger partial charge in [-0.05, 0) is 91.2 Å². The van der Waals surface area contributed by atoms with Crippen molar-refractivity contribution in [1.29, 1.82) is 0 Å². The van der Waals surface area contributed by atoms with E-state index < -0.39 is 5.41 Å². The average molecular weight is 870 g/mol. The molecule has 0 bridgehead atoms. The van der Waals surface area contributed by atoms with Crippen LogP contribution >= 0.6 is 11.3 Å². The number of fused-ring (bicyclic) bond motifs is 7. The highest BCUT2D eigenvalue weighted by atomic mass is 32.1. The van der Waals surface area contributed by atoms with Gasteiger partial charge in [-0.15, -0.1) is 11.3 Å². The third kappa shape index (κ3) is 6.22. The largest absolute Gasteiger partial charge is 0.309 e. The summed E-state index contributed by atoms with van der Waals surface area (Å²) < 4.78 is 2.59. The van der Waals surface area contributed by atoms with Crippen LogP contribution in [-0.2, 0) is 5.41 Å². The van der Waals surface area contributed by atoms with Crippen LogP contribution in [0.5, 0.6) is 0 Å². The molecule has 1 heterocycles. The van der Waals surface area contributed by atoms with Crippen molar-refractivity contribution in [3.05, 3.63) is 283 Å². The molecule has 0 fully saturated rings. The summed E-state index contributed by atoms with van der Waals surface area (Å²) in [6.45, 7) is 0. The first-order valence-corrected chi connectivity index (χ1v) is 23.9. The maximum atomic E-state index is 2.56. The van der Waals surface area contributed by atoms with Gasteiger partial charge in [-0.3, -0.25) is 0 Å². The Morgan fingerprint density at radius 1 is 0.313 bits per heavy atom. The lowest BCUT2D eigenvalue weighted by Gasteiger charge is -2.35. The van der Waals surface area contributed by atoms with E-state index in [1.165, 1.54) is 81.0 Å². The Kier molecular flexibility index (Phi) is 9.33. The first-order valence-electron chi connectivity index (χ1n) is 23.1. The smallest absolute Gasteiger partial charge is 0.0714 e. The number of thiophene rings is 1. The summed E-state index contributed by atoms with van der Waals surface area (Å²) in [4.78, 5) is 2.56. The van der Waals surface area contributed by atoms with E-state index in [1.54, 1.807) is 0 Å². The van der Waals surface area contributed by atoms with E-state index in [2.05, 4.69) is 266 Å². The van der Waals surface area contributed by atoms with Crippen LogP contribution in [0.3, 0.4) is 0 Å². The molecular weight excluding hydrogens is 827 g/mol. The summed E-state index contributed by atoms with van der Waals surface area (Å²) in [7, 11) is 0. The maximum Gasteiger partial charge on any atom is 0.0714 e. The molecule has 314 valence electrons. The fourth-order valence-electron chi connectivity index (χ4n) is 11.1. The fraction of sp³-hybridized carbons (Fsp3) is 0.0154. The minimum absolute atomic E-state index is 0.564. The van der Waals surface area contributed by atoms with Crippen molar-refractivity contribution in [2.75, 3.05) is 4.90 Å². The number of para-hydroxylation sites is 1. The van der Waals surface area contributed by atoms with Gasteiger partial charge in [0.25, 0.3) is 0 Å². The van der Waals surface area contributed by atoms with E-state index in [0.717, 1.165) is 33.8 Å². The van der Waals surface area contributed by atoms with Crippen LogP contribution in [0, 0.1) is 0 Å². The number of anilines is 3. The molecule has 0 spiro atoms. The SMILES string of the molecule is c1ccc(-c2ccc(-c3cccc4ccccc34)cc2N(c2ccc3c(c2)C(c2ccccc2)(c2ccccc2)c2ccccc2-3)c2ccccc2-c2cccc3c2sc2ccccc23)cc1. The molecule has 0 radical (unpaired) electrons. The standard InChI is InChI=1S/C65H43NS/c1-4-20-45(21-5-1)52-40-38-46(51-32-18-23-44-22-10-11-28-50(44)51)42-62(52)66(61-36-16-13-30-55(61)57-33-19-34-58-56-31-14-17-37-63(56)67-64(57)58)49-39-41-54-53-29-12-15-35-59(53)65(60(54)43-49,47-24-6-2-7-25-47)48-26-8-3-9-27-48/h1-43H. The molecule has 13 rings (SSSR count). The molecule has 0 atom stereocenters. The van der Waals surface area contributed by atoms with Gasteiger partial charge in [0.2, 0.25) is 0 Å². The van der Waals surface area contributed by atoms with Gasteiger partial charge in [0.1, 0.15) is 0 Å². The first-order chi connectivity index (χ1) is 33.3. The molecule has 0 N–H and O–H groups in total. The minimum Gasteiger partial charge on any atom is -0.309 e. The van der Waals surface area contributed by atoms with Crippen molar-refractivity contribution in [2.24, 2.45) is 0 Å². The van der Waals surface area contributed by atoms with Crippen LogP contribution in [-0.4, -0.2) is 0 Å². The Hall–Kier alpha value is -8.30. The number of rotatable bonds is 8. The van der Waals surface area contributed by atoms with Crippen LogP contribution in [0.2, 0.25) is 0 Å². The van der Waals surface area contributed by atoms with Gasteiger partial charge >= 0.3 is 0 Å². The van der Waals surface area contributed by atoms with Crippen molar-refractivity contribution < 1.29 is 0 Å². The van der Waals surface area contributed by atoms with Crippen molar-refractivity contribution in [3.8, 4) is 44.5 Å². The molecule has 11 aromatic carbocycles. The van der Waals surface area contributed by atoms with Crippen LogP contribution in [0.1, 0.15) is 22.3 Å². The van der Waals surface area contributed by atoms with Crippen LogP contribution < -0.4 is 4.90 Å². The van der Waals surface area contributed by atoms with Crippen LogP contribution in [0.4, 0.5) is 17.1 Å². The van der Waals surface area contributed by atoms with Gasteiger partial charge in [0.05, 0.1) is 16.8 Å². The minimum atomic E-state index is -0.564.